The quantitative estimate of drug-likeness (QED) is 0.840. The molecule has 0 aliphatic carbocycles. The van der Waals surface area contributed by atoms with Crippen molar-refractivity contribution in [2.75, 3.05) is 18.9 Å². The van der Waals surface area contributed by atoms with Gasteiger partial charge in [-0.25, -0.2) is 9.97 Å². The molecule has 0 aromatic carbocycles. The Morgan fingerprint density at radius 3 is 2.78 bits per heavy atom. The predicted octanol–water partition coefficient (Wildman–Crippen LogP) is 2.17. The van der Waals surface area contributed by atoms with Gasteiger partial charge in [-0.05, 0) is 20.3 Å². The molecule has 0 spiro atoms. The predicted molar refractivity (Wildman–Crippen MR) is 72.7 cm³/mol. The van der Waals surface area contributed by atoms with Gasteiger partial charge in [0.25, 0.3) is 5.91 Å². The summed E-state index contributed by atoms with van der Waals surface area (Å²) in [5.74, 6) is 0.630. The monoisotopic (exact) mass is 250 g/mol. The zero-order valence-corrected chi connectivity index (χ0v) is 11.6. The fraction of sp³-hybridized carbons (Fsp3) is 0.615. The standard InChI is InChI=1S/C13H22N4O/c1-5-6-7-17(4)13(18)11-8-12(15-9-14-11)16-10(2)3/h8-10H,5-7H2,1-4H3,(H,14,15,16). The molecule has 1 rings (SSSR count). The molecular weight excluding hydrogens is 228 g/mol. The van der Waals surface area contributed by atoms with Crippen LogP contribution in [0.5, 0.6) is 0 Å². The second-order valence-electron chi connectivity index (χ2n) is 4.67. The summed E-state index contributed by atoms with van der Waals surface area (Å²) in [5.41, 5.74) is 0.437. The van der Waals surface area contributed by atoms with Crippen LogP contribution in [0.2, 0.25) is 0 Å². The average Bonchev–Trinajstić information content (AvgIpc) is 2.34. The van der Waals surface area contributed by atoms with Gasteiger partial charge in [0.15, 0.2) is 0 Å². The van der Waals surface area contributed by atoms with Crippen molar-refractivity contribution >= 4 is 11.7 Å². The van der Waals surface area contributed by atoms with E-state index in [1.165, 1.54) is 6.33 Å². The molecule has 0 saturated carbocycles. The highest BCUT2D eigenvalue weighted by Crippen LogP contribution is 2.08. The van der Waals surface area contributed by atoms with Crippen molar-refractivity contribution in [2.24, 2.45) is 0 Å². The summed E-state index contributed by atoms with van der Waals surface area (Å²) in [4.78, 5) is 21.9. The Hall–Kier alpha value is -1.65. The third-order valence-corrected chi connectivity index (χ3v) is 2.52. The van der Waals surface area contributed by atoms with Gasteiger partial charge in [-0.1, -0.05) is 13.3 Å². The van der Waals surface area contributed by atoms with Crippen LogP contribution in [0.1, 0.15) is 44.1 Å². The van der Waals surface area contributed by atoms with Gasteiger partial charge in [-0.15, -0.1) is 0 Å². The lowest BCUT2D eigenvalue weighted by Gasteiger charge is -2.16. The van der Waals surface area contributed by atoms with Gasteiger partial charge in [0.1, 0.15) is 17.8 Å². The lowest BCUT2D eigenvalue weighted by Crippen LogP contribution is -2.28. The molecule has 0 saturated heterocycles. The van der Waals surface area contributed by atoms with Crippen LogP contribution in [0, 0.1) is 0 Å². The number of anilines is 1. The van der Waals surface area contributed by atoms with Crippen molar-refractivity contribution in [3.63, 3.8) is 0 Å². The van der Waals surface area contributed by atoms with Crippen LogP contribution in [-0.2, 0) is 0 Å². The first-order chi connectivity index (χ1) is 8.54. The molecule has 0 aliphatic rings. The number of unbranched alkanes of at least 4 members (excludes halogenated alkanes) is 1. The van der Waals surface area contributed by atoms with Crippen LogP contribution in [0.25, 0.3) is 0 Å². The Labute approximate surface area is 109 Å². The highest BCUT2D eigenvalue weighted by molar-refractivity contribution is 5.92. The number of nitrogens with zero attached hydrogens (tertiary/aromatic N) is 3. The Bertz CT molecular complexity index is 392. The van der Waals surface area contributed by atoms with Gasteiger partial charge >= 0.3 is 0 Å². The van der Waals surface area contributed by atoms with Crippen LogP contribution >= 0.6 is 0 Å². The number of rotatable bonds is 6. The summed E-state index contributed by atoms with van der Waals surface area (Å²) in [6, 6.07) is 1.98. The van der Waals surface area contributed by atoms with E-state index in [4.69, 9.17) is 0 Å². The largest absolute Gasteiger partial charge is 0.368 e. The third-order valence-electron chi connectivity index (χ3n) is 2.52. The van der Waals surface area contributed by atoms with Crippen molar-refractivity contribution in [3.05, 3.63) is 18.1 Å². The second kappa shape index (κ2) is 6.93. The molecule has 0 radical (unpaired) electrons. The first-order valence-electron chi connectivity index (χ1n) is 6.38. The molecule has 0 aliphatic heterocycles. The maximum atomic E-state index is 12.1. The van der Waals surface area contributed by atoms with Crippen LogP contribution in [0.4, 0.5) is 5.82 Å². The minimum absolute atomic E-state index is 0.0577. The molecular formula is C13H22N4O. The second-order valence-corrected chi connectivity index (χ2v) is 4.67. The first kappa shape index (κ1) is 14.4. The number of aromatic nitrogens is 2. The summed E-state index contributed by atoms with van der Waals surface area (Å²) >= 11 is 0. The van der Waals surface area contributed by atoms with E-state index >= 15 is 0 Å². The van der Waals surface area contributed by atoms with Gasteiger partial charge in [0, 0.05) is 25.7 Å². The molecule has 0 atom stereocenters. The van der Waals surface area contributed by atoms with Gasteiger partial charge in [-0.2, -0.15) is 0 Å². The van der Waals surface area contributed by atoms with E-state index in [1.807, 2.05) is 13.8 Å². The number of amides is 1. The SMILES string of the molecule is CCCCN(C)C(=O)c1cc(NC(C)C)ncn1. The van der Waals surface area contributed by atoms with Crippen molar-refractivity contribution in [2.45, 2.75) is 39.7 Å². The molecule has 1 heterocycles. The fourth-order valence-corrected chi connectivity index (χ4v) is 1.54. The van der Waals surface area contributed by atoms with Crippen molar-refractivity contribution in [3.8, 4) is 0 Å². The maximum absolute atomic E-state index is 12.1. The summed E-state index contributed by atoms with van der Waals surface area (Å²) < 4.78 is 0. The van der Waals surface area contributed by atoms with E-state index in [0.29, 0.717) is 11.5 Å². The Morgan fingerprint density at radius 1 is 1.44 bits per heavy atom. The molecule has 1 amide bonds. The lowest BCUT2D eigenvalue weighted by atomic mass is 10.3. The average molecular weight is 250 g/mol. The molecule has 0 bridgehead atoms. The number of hydrogen-bond acceptors (Lipinski definition) is 4. The Kier molecular flexibility index (Phi) is 5.55. The number of carbonyl (C=O) groups excluding carboxylic acids is 1. The van der Waals surface area contributed by atoms with E-state index in [2.05, 4.69) is 22.2 Å². The topological polar surface area (TPSA) is 58.1 Å². The summed E-state index contributed by atoms with van der Waals surface area (Å²) in [6.07, 6.45) is 3.50. The molecule has 18 heavy (non-hydrogen) atoms. The van der Waals surface area contributed by atoms with Gasteiger partial charge < -0.3 is 10.2 Å². The number of carbonyl (C=O) groups is 1. The van der Waals surface area contributed by atoms with Gasteiger partial charge in [0.2, 0.25) is 0 Å². The zero-order chi connectivity index (χ0) is 13.5. The van der Waals surface area contributed by atoms with Crippen LogP contribution in [0.3, 0.4) is 0 Å². The van der Waals surface area contributed by atoms with Crippen molar-refractivity contribution in [1.82, 2.24) is 14.9 Å². The van der Waals surface area contributed by atoms with E-state index in [1.54, 1.807) is 18.0 Å². The van der Waals surface area contributed by atoms with E-state index in [0.717, 1.165) is 19.4 Å². The summed E-state index contributed by atoms with van der Waals surface area (Å²) in [5, 5.41) is 3.16. The Morgan fingerprint density at radius 2 is 2.17 bits per heavy atom. The van der Waals surface area contributed by atoms with Gasteiger partial charge in [0.05, 0.1) is 0 Å². The molecule has 5 nitrogen and oxygen atoms in total. The highest BCUT2D eigenvalue weighted by atomic mass is 16.2. The maximum Gasteiger partial charge on any atom is 0.272 e. The van der Waals surface area contributed by atoms with E-state index < -0.39 is 0 Å². The van der Waals surface area contributed by atoms with E-state index in [9.17, 15) is 4.79 Å². The smallest absolute Gasteiger partial charge is 0.272 e. The zero-order valence-electron chi connectivity index (χ0n) is 11.6. The molecule has 100 valence electrons. The van der Waals surface area contributed by atoms with Gasteiger partial charge in [-0.3, -0.25) is 4.79 Å². The number of hydrogen-bond donors (Lipinski definition) is 1. The van der Waals surface area contributed by atoms with Crippen LogP contribution in [-0.4, -0.2) is 40.4 Å². The minimum atomic E-state index is -0.0577. The van der Waals surface area contributed by atoms with Crippen LogP contribution < -0.4 is 5.32 Å². The first-order valence-corrected chi connectivity index (χ1v) is 6.38. The number of nitrogens with one attached hydrogen (secondary N) is 1. The lowest BCUT2D eigenvalue weighted by molar-refractivity contribution is 0.0787. The molecule has 1 aromatic heterocycles. The molecule has 1 aromatic rings. The summed E-state index contributed by atoms with van der Waals surface area (Å²) in [7, 11) is 1.80. The molecule has 1 N–H and O–H groups in total. The van der Waals surface area contributed by atoms with E-state index in [-0.39, 0.29) is 11.9 Å². The van der Waals surface area contributed by atoms with Crippen molar-refractivity contribution < 1.29 is 4.79 Å². The normalized spacial score (nSPS) is 10.5. The molecule has 5 heteroatoms. The molecule has 0 fully saturated rings. The molecule has 0 unspecified atom stereocenters. The highest BCUT2D eigenvalue weighted by Gasteiger charge is 2.13. The summed E-state index contributed by atoms with van der Waals surface area (Å²) in [6.45, 7) is 6.91. The Balaban J connectivity index is 2.73. The van der Waals surface area contributed by atoms with Crippen LogP contribution in [0.15, 0.2) is 12.4 Å². The third kappa shape index (κ3) is 4.31. The van der Waals surface area contributed by atoms with Crippen molar-refractivity contribution in [1.29, 1.82) is 0 Å². The fourth-order valence-electron chi connectivity index (χ4n) is 1.54. The minimum Gasteiger partial charge on any atom is -0.368 e.